The molecule has 1 aliphatic heterocycles. The van der Waals surface area contributed by atoms with Gasteiger partial charge in [0.2, 0.25) is 11.8 Å². The lowest BCUT2D eigenvalue weighted by Crippen LogP contribution is -2.54. The summed E-state index contributed by atoms with van der Waals surface area (Å²) < 4.78 is 39.0. The third-order valence-corrected chi connectivity index (χ3v) is 4.63. The highest BCUT2D eigenvalue weighted by molar-refractivity contribution is 5.93. The second-order valence-corrected chi connectivity index (χ2v) is 6.81. The van der Waals surface area contributed by atoms with E-state index in [0.29, 0.717) is 26.2 Å². The van der Waals surface area contributed by atoms with E-state index in [0.717, 1.165) is 6.07 Å². The van der Waals surface area contributed by atoms with Gasteiger partial charge in [-0.2, -0.15) is 13.2 Å². The average molecular weight is 386 g/mol. The van der Waals surface area contributed by atoms with Crippen LogP contribution in [0.2, 0.25) is 0 Å². The van der Waals surface area contributed by atoms with Crippen molar-refractivity contribution in [1.82, 2.24) is 14.7 Å². The topological polar surface area (TPSA) is 55.9 Å². The summed E-state index contributed by atoms with van der Waals surface area (Å²) in [5.41, 5.74) is -1.10. The van der Waals surface area contributed by atoms with Gasteiger partial charge in [-0.25, -0.2) is 0 Å². The molecule has 0 spiro atoms. The molecular formula is C18H25F3N4O2. The number of hydrogen-bond acceptors (Lipinski definition) is 4. The maximum Gasteiger partial charge on any atom is 0.418 e. The molecule has 6 nitrogen and oxygen atoms in total. The molecule has 27 heavy (non-hydrogen) atoms. The first-order chi connectivity index (χ1) is 12.6. The number of carbonyl (C=O) groups excluding carboxylic acids is 2. The maximum absolute atomic E-state index is 13.0. The van der Waals surface area contributed by atoms with E-state index in [-0.39, 0.29) is 24.2 Å². The summed E-state index contributed by atoms with van der Waals surface area (Å²) in [4.78, 5) is 29.7. The zero-order chi connectivity index (χ0) is 20.2. The Morgan fingerprint density at radius 2 is 1.74 bits per heavy atom. The number of nitrogens with one attached hydrogen (secondary N) is 1. The van der Waals surface area contributed by atoms with Gasteiger partial charge < -0.3 is 10.2 Å². The van der Waals surface area contributed by atoms with Gasteiger partial charge in [0.15, 0.2) is 0 Å². The van der Waals surface area contributed by atoms with Gasteiger partial charge in [-0.3, -0.25) is 19.4 Å². The van der Waals surface area contributed by atoms with E-state index in [1.54, 1.807) is 19.0 Å². The molecule has 150 valence electrons. The number of hydrogen-bond donors (Lipinski definition) is 1. The predicted octanol–water partition coefficient (Wildman–Crippen LogP) is 1.74. The van der Waals surface area contributed by atoms with Gasteiger partial charge in [-0.1, -0.05) is 12.1 Å². The summed E-state index contributed by atoms with van der Waals surface area (Å²) in [5, 5.41) is 2.36. The zero-order valence-corrected chi connectivity index (χ0v) is 15.7. The Morgan fingerprint density at radius 3 is 2.30 bits per heavy atom. The molecule has 0 bridgehead atoms. The number of benzene rings is 1. The Kier molecular flexibility index (Phi) is 6.83. The second kappa shape index (κ2) is 8.71. The highest BCUT2D eigenvalue weighted by Gasteiger charge is 2.34. The largest absolute Gasteiger partial charge is 0.418 e. The SMILES string of the molecule is C[C@@H](C(=O)N(C)C)N1CCN(CC(=O)Nc2ccccc2C(F)(F)F)CC1. The van der Waals surface area contributed by atoms with Crippen LogP contribution in [0.5, 0.6) is 0 Å². The summed E-state index contributed by atoms with van der Waals surface area (Å²) >= 11 is 0. The number of carbonyl (C=O) groups is 2. The van der Waals surface area contributed by atoms with Gasteiger partial charge in [0.25, 0.3) is 0 Å². The fourth-order valence-electron chi connectivity index (χ4n) is 3.07. The van der Waals surface area contributed by atoms with Crippen molar-refractivity contribution in [3.63, 3.8) is 0 Å². The number of nitrogens with zero attached hydrogens (tertiary/aromatic N) is 3. The van der Waals surface area contributed by atoms with Gasteiger partial charge >= 0.3 is 6.18 Å². The second-order valence-electron chi connectivity index (χ2n) is 6.81. The summed E-state index contributed by atoms with van der Waals surface area (Å²) in [5.74, 6) is -0.470. The van der Waals surface area contributed by atoms with Crippen LogP contribution >= 0.6 is 0 Å². The number of likely N-dealkylation sites (N-methyl/N-ethyl adjacent to an activating group) is 1. The van der Waals surface area contributed by atoms with Gasteiger partial charge in [0.1, 0.15) is 0 Å². The van der Waals surface area contributed by atoms with Crippen LogP contribution in [0.25, 0.3) is 0 Å². The van der Waals surface area contributed by atoms with Gasteiger partial charge in [0.05, 0.1) is 23.8 Å². The lowest BCUT2D eigenvalue weighted by Gasteiger charge is -2.37. The van der Waals surface area contributed by atoms with Crippen molar-refractivity contribution >= 4 is 17.5 Å². The lowest BCUT2D eigenvalue weighted by atomic mass is 10.1. The lowest BCUT2D eigenvalue weighted by molar-refractivity contribution is -0.137. The van der Waals surface area contributed by atoms with Crippen LogP contribution in [-0.2, 0) is 15.8 Å². The van der Waals surface area contributed by atoms with E-state index in [1.165, 1.54) is 18.2 Å². The van der Waals surface area contributed by atoms with Crippen molar-refractivity contribution in [3.05, 3.63) is 29.8 Å². The molecule has 2 amide bonds. The number of halogens is 3. The molecule has 1 aromatic carbocycles. The summed E-state index contributed by atoms with van der Waals surface area (Å²) in [7, 11) is 3.41. The summed E-state index contributed by atoms with van der Waals surface area (Å²) in [6.45, 7) is 4.23. The van der Waals surface area contributed by atoms with Crippen molar-refractivity contribution in [1.29, 1.82) is 0 Å². The molecule has 1 saturated heterocycles. The van der Waals surface area contributed by atoms with Crippen molar-refractivity contribution in [2.45, 2.75) is 19.1 Å². The summed E-state index contributed by atoms with van der Waals surface area (Å²) in [6.07, 6.45) is -4.52. The van der Waals surface area contributed by atoms with Crippen LogP contribution in [0.4, 0.5) is 18.9 Å². The molecule has 9 heteroatoms. The normalized spacial score (nSPS) is 17.4. The number of para-hydroxylation sites is 1. The van der Waals surface area contributed by atoms with Crippen molar-refractivity contribution in [2.75, 3.05) is 52.1 Å². The molecule has 1 fully saturated rings. The standard InChI is InChI=1S/C18H25F3N4O2/c1-13(17(27)23(2)3)25-10-8-24(9-11-25)12-16(26)22-15-7-5-4-6-14(15)18(19,20)21/h4-7,13H,8-12H2,1-3H3,(H,22,26)/t13-/m0/s1. The summed E-state index contributed by atoms with van der Waals surface area (Å²) in [6, 6.07) is 4.68. The Labute approximate surface area is 156 Å². The molecule has 1 atom stereocenters. The van der Waals surface area contributed by atoms with Crippen LogP contribution in [0.3, 0.4) is 0 Å². The van der Waals surface area contributed by atoms with Gasteiger partial charge in [-0.05, 0) is 19.1 Å². The van der Waals surface area contributed by atoms with E-state index in [1.807, 2.05) is 16.7 Å². The fourth-order valence-corrected chi connectivity index (χ4v) is 3.07. The van der Waals surface area contributed by atoms with Crippen LogP contribution in [0, 0.1) is 0 Å². The van der Waals surface area contributed by atoms with Crippen LogP contribution in [0.15, 0.2) is 24.3 Å². The number of anilines is 1. The zero-order valence-electron chi connectivity index (χ0n) is 15.7. The maximum atomic E-state index is 13.0. The van der Waals surface area contributed by atoms with Crippen LogP contribution in [-0.4, -0.2) is 79.4 Å². The molecule has 0 aliphatic carbocycles. The fraction of sp³-hybridized carbons (Fsp3) is 0.556. The van der Waals surface area contributed by atoms with Crippen LogP contribution in [0.1, 0.15) is 12.5 Å². The molecule has 1 N–H and O–H groups in total. The average Bonchev–Trinajstić information content (AvgIpc) is 2.60. The van der Waals surface area contributed by atoms with Crippen molar-refractivity contribution in [3.8, 4) is 0 Å². The molecule has 1 heterocycles. The van der Waals surface area contributed by atoms with Gasteiger partial charge in [-0.15, -0.1) is 0 Å². The van der Waals surface area contributed by atoms with E-state index >= 15 is 0 Å². The van der Waals surface area contributed by atoms with Gasteiger partial charge in [0, 0.05) is 40.3 Å². The van der Waals surface area contributed by atoms with Crippen molar-refractivity contribution < 1.29 is 22.8 Å². The Balaban J connectivity index is 1.88. The minimum Gasteiger partial charge on any atom is -0.347 e. The third-order valence-electron chi connectivity index (χ3n) is 4.63. The Bertz CT molecular complexity index is 671. The Hall–Kier alpha value is -2.13. The predicted molar refractivity (Wildman–Crippen MR) is 96.2 cm³/mol. The molecule has 0 radical (unpaired) electrons. The van der Waals surface area contributed by atoms with Crippen molar-refractivity contribution in [2.24, 2.45) is 0 Å². The quantitative estimate of drug-likeness (QED) is 0.838. The highest BCUT2D eigenvalue weighted by atomic mass is 19.4. The number of piperazine rings is 1. The first kappa shape index (κ1) is 21.2. The van der Waals surface area contributed by atoms with E-state index in [2.05, 4.69) is 5.32 Å². The molecule has 0 saturated carbocycles. The molecule has 2 rings (SSSR count). The number of rotatable bonds is 5. The molecule has 1 aliphatic rings. The highest BCUT2D eigenvalue weighted by Crippen LogP contribution is 2.34. The monoisotopic (exact) mass is 386 g/mol. The van der Waals surface area contributed by atoms with E-state index in [4.69, 9.17) is 0 Å². The third kappa shape index (κ3) is 5.67. The smallest absolute Gasteiger partial charge is 0.347 e. The minimum absolute atomic E-state index is 0.00996. The van der Waals surface area contributed by atoms with E-state index in [9.17, 15) is 22.8 Å². The minimum atomic E-state index is -4.52. The number of amides is 2. The molecule has 0 aromatic heterocycles. The number of alkyl halides is 3. The van der Waals surface area contributed by atoms with Crippen LogP contribution < -0.4 is 5.32 Å². The van der Waals surface area contributed by atoms with E-state index < -0.39 is 17.6 Å². The molecular weight excluding hydrogens is 361 g/mol. The first-order valence-electron chi connectivity index (χ1n) is 8.73. The first-order valence-corrected chi connectivity index (χ1v) is 8.73. The molecule has 0 unspecified atom stereocenters. The Morgan fingerprint density at radius 1 is 1.15 bits per heavy atom. The molecule has 1 aromatic rings.